The summed E-state index contributed by atoms with van der Waals surface area (Å²) in [4.78, 5) is 50.8. The third-order valence-electron chi connectivity index (χ3n) is 8.54. The lowest BCUT2D eigenvalue weighted by Gasteiger charge is -2.31. The number of hydrogen-bond donors (Lipinski definition) is 3. The molecule has 2 aromatic carbocycles. The van der Waals surface area contributed by atoms with Crippen LogP contribution in [0.25, 0.3) is 0 Å². The van der Waals surface area contributed by atoms with Gasteiger partial charge in [-0.2, -0.15) is 0 Å². The molecule has 2 aliphatic rings. The van der Waals surface area contributed by atoms with E-state index in [9.17, 15) is 19.2 Å². The van der Waals surface area contributed by atoms with Gasteiger partial charge in [0.25, 0.3) is 0 Å². The summed E-state index contributed by atoms with van der Waals surface area (Å²) in [5, 5.41) is 6.68. The number of methoxy groups -OCH3 is 2. The number of dihydropyridines is 2. The molecule has 17 heteroatoms. The van der Waals surface area contributed by atoms with Gasteiger partial charge in [0.1, 0.15) is 0 Å². The molecule has 4 N–H and O–H groups in total. The number of allylic oxidation sites excluding steroid dienone is 2. The Bertz CT molecular complexity index is 1820. The molecule has 0 radical (unpaired) electrons. The SMILES string of the molecule is CCCOCC1=C(C(=O)OCC)C(c2ccccc2)C(C(=O)OC)=C(C)N1.CCOC(=O)C1=C(COCCN)NC(C)=C(C(=O)OC)C1c1ccccc1Cl.I.II. The van der Waals surface area contributed by atoms with Crippen LogP contribution < -0.4 is 16.4 Å². The number of nitrogens with one attached hydrogen (secondary N) is 2. The molecule has 2 aromatic rings. The highest BCUT2D eigenvalue weighted by Crippen LogP contribution is 2.42. The number of hydrogen-bond acceptors (Lipinski definition) is 13. The summed E-state index contributed by atoms with van der Waals surface area (Å²) in [6, 6.07) is 16.4. The van der Waals surface area contributed by atoms with E-state index < -0.39 is 35.7 Å². The van der Waals surface area contributed by atoms with E-state index in [4.69, 9.17) is 45.8 Å². The highest BCUT2D eigenvalue weighted by atomic mass is 128. The summed E-state index contributed by atoms with van der Waals surface area (Å²) in [5.74, 6) is -3.40. The molecule has 0 aromatic heterocycles. The molecule has 2 atom stereocenters. The molecule has 13 nitrogen and oxygen atoms in total. The van der Waals surface area contributed by atoms with Crippen LogP contribution in [0.1, 0.15) is 64.0 Å². The van der Waals surface area contributed by atoms with Crippen molar-refractivity contribution < 1.29 is 47.6 Å². The number of rotatable bonds is 16. The Kier molecular flexibility index (Phi) is 26.3. The Morgan fingerprint density at radius 1 is 0.672 bits per heavy atom. The minimum atomic E-state index is -0.752. The third-order valence-corrected chi connectivity index (χ3v) is 8.89. The first-order chi connectivity index (χ1) is 27.5. The van der Waals surface area contributed by atoms with E-state index >= 15 is 0 Å². The first-order valence-electron chi connectivity index (χ1n) is 18.2. The number of benzene rings is 2. The largest absolute Gasteiger partial charge is 0.466 e. The third kappa shape index (κ3) is 14.5. The molecular formula is C41H53ClI3N3O10. The summed E-state index contributed by atoms with van der Waals surface area (Å²) in [5.41, 5.74) is 10.5. The summed E-state index contributed by atoms with van der Waals surface area (Å²) in [6.45, 7) is 11.0. The van der Waals surface area contributed by atoms with Crippen LogP contribution in [-0.4, -0.2) is 84.3 Å². The monoisotopic (exact) mass is 1160 g/mol. The molecule has 4 rings (SSSR count). The van der Waals surface area contributed by atoms with Crippen LogP contribution in [0.15, 0.2) is 99.7 Å². The molecule has 0 bridgehead atoms. The zero-order valence-electron chi connectivity index (χ0n) is 33.7. The first-order valence-corrected chi connectivity index (χ1v) is 24.9. The lowest BCUT2D eigenvalue weighted by atomic mass is 9.80. The topological polar surface area (TPSA) is 174 Å². The minimum absolute atomic E-state index is 0. The van der Waals surface area contributed by atoms with Crippen molar-refractivity contribution in [2.45, 2.75) is 52.9 Å². The number of esters is 4. The van der Waals surface area contributed by atoms with E-state index in [-0.39, 0.29) is 56.0 Å². The van der Waals surface area contributed by atoms with Crippen LogP contribution in [0.4, 0.5) is 0 Å². The number of halogens is 4. The molecule has 0 saturated carbocycles. The van der Waals surface area contributed by atoms with E-state index in [2.05, 4.69) is 47.9 Å². The van der Waals surface area contributed by atoms with Crippen LogP contribution in [0, 0.1) is 0 Å². The average molecular weight is 1160 g/mol. The Morgan fingerprint density at radius 3 is 1.57 bits per heavy atom. The van der Waals surface area contributed by atoms with Gasteiger partial charge < -0.3 is 44.8 Å². The molecule has 0 fully saturated rings. The molecule has 2 aliphatic heterocycles. The molecule has 0 aliphatic carbocycles. The van der Waals surface area contributed by atoms with Crippen molar-refractivity contribution in [1.29, 1.82) is 0 Å². The Balaban J connectivity index is 0.000000547. The predicted octanol–water partition coefficient (Wildman–Crippen LogP) is 7.72. The number of nitrogens with two attached hydrogens (primary N) is 1. The Morgan fingerprint density at radius 2 is 1.12 bits per heavy atom. The molecule has 0 saturated heterocycles. The highest BCUT2D eigenvalue weighted by molar-refractivity contribution is 15.0. The quantitative estimate of drug-likeness (QED) is 0.0646. The van der Waals surface area contributed by atoms with Crippen molar-refractivity contribution in [2.75, 3.05) is 60.4 Å². The number of carbonyl (C=O) groups excluding carboxylic acids is 4. The maximum absolute atomic E-state index is 12.9. The van der Waals surface area contributed by atoms with Gasteiger partial charge in [0.05, 0.1) is 92.8 Å². The number of carbonyl (C=O) groups is 4. The highest BCUT2D eigenvalue weighted by Gasteiger charge is 2.40. The molecule has 320 valence electrons. The normalized spacial score (nSPS) is 16.0. The second-order valence-corrected chi connectivity index (χ2v) is 12.6. The van der Waals surface area contributed by atoms with E-state index in [0.29, 0.717) is 69.9 Å². The maximum Gasteiger partial charge on any atom is 0.336 e. The van der Waals surface area contributed by atoms with Crippen LogP contribution in [0.5, 0.6) is 0 Å². The van der Waals surface area contributed by atoms with Crippen LogP contribution in [-0.2, 0) is 47.6 Å². The summed E-state index contributed by atoms with van der Waals surface area (Å²) in [7, 11) is 2.62. The average Bonchev–Trinajstić information content (AvgIpc) is 3.21. The van der Waals surface area contributed by atoms with Crippen molar-refractivity contribution in [3.8, 4) is 0 Å². The van der Waals surface area contributed by atoms with Crippen LogP contribution >= 0.6 is 72.8 Å². The van der Waals surface area contributed by atoms with Crippen molar-refractivity contribution >= 4 is 96.7 Å². The zero-order chi connectivity index (χ0) is 42.5. The summed E-state index contributed by atoms with van der Waals surface area (Å²) in [6.07, 6.45) is 0.867. The van der Waals surface area contributed by atoms with Gasteiger partial charge in [-0.25, -0.2) is 19.2 Å². The lowest BCUT2D eigenvalue weighted by Crippen LogP contribution is -2.35. The summed E-state index contributed by atoms with van der Waals surface area (Å²) >= 11 is 10.7. The van der Waals surface area contributed by atoms with Crippen molar-refractivity contribution in [2.24, 2.45) is 5.73 Å². The fourth-order valence-electron chi connectivity index (χ4n) is 6.26. The van der Waals surface area contributed by atoms with E-state index in [1.54, 1.807) is 52.0 Å². The fourth-order valence-corrected chi connectivity index (χ4v) is 6.50. The smallest absolute Gasteiger partial charge is 0.336 e. The standard InChI is InChI=1S/C21H27NO5.C20H25ClN2O5.I2.HI/c1-5-12-26-13-16-19(21(24)27-6-2)18(15-10-8-7-9-11-15)17(14(3)22-16)20(23)25-4;1-4-28-20(25)18-15(11-27-10-9-22)23-12(2)16(19(24)26-3)17(18)13-7-5-6-8-14(13)21;1-2;/h7-11,18,22H,5-6,12-13H2,1-4H3;5-8,17,23H,4,9-11,22H2,1-3H3;;1H. The van der Waals surface area contributed by atoms with Gasteiger partial charge in [-0.15, -0.1) is 24.0 Å². The Labute approximate surface area is 386 Å². The van der Waals surface area contributed by atoms with Crippen LogP contribution in [0.2, 0.25) is 5.02 Å². The van der Waals surface area contributed by atoms with Gasteiger partial charge in [0.15, 0.2) is 0 Å². The minimum Gasteiger partial charge on any atom is -0.466 e. The van der Waals surface area contributed by atoms with E-state index in [0.717, 1.165) is 12.0 Å². The van der Waals surface area contributed by atoms with Gasteiger partial charge in [0, 0.05) is 66.8 Å². The summed E-state index contributed by atoms with van der Waals surface area (Å²) < 4.78 is 31.7. The van der Waals surface area contributed by atoms with Crippen molar-refractivity contribution in [1.82, 2.24) is 10.6 Å². The predicted molar refractivity (Wildman–Crippen MR) is 251 cm³/mol. The molecular weight excluding hydrogens is 1110 g/mol. The van der Waals surface area contributed by atoms with Gasteiger partial charge in [-0.05, 0) is 51.3 Å². The molecule has 58 heavy (non-hydrogen) atoms. The first kappa shape index (κ1) is 53.3. The molecule has 0 spiro atoms. The second kappa shape index (κ2) is 28.7. The second-order valence-electron chi connectivity index (χ2n) is 12.2. The molecule has 0 amide bonds. The Hall–Kier alpha value is -2.76. The molecule has 2 unspecified atom stereocenters. The van der Waals surface area contributed by atoms with Gasteiger partial charge in [-0.1, -0.05) is 67.1 Å². The maximum atomic E-state index is 12.9. The zero-order valence-corrected chi connectivity index (χ0v) is 41.1. The fraction of sp³-hybridized carbons (Fsp3) is 0.415. The molecule has 2 heterocycles. The van der Waals surface area contributed by atoms with Gasteiger partial charge >= 0.3 is 23.9 Å². The van der Waals surface area contributed by atoms with E-state index in [1.165, 1.54) is 14.2 Å². The lowest BCUT2D eigenvalue weighted by molar-refractivity contribution is -0.140. The van der Waals surface area contributed by atoms with Crippen molar-refractivity contribution in [3.05, 3.63) is 116 Å². The van der Waals surface area contributed by atoms with E-state index in [1.807, 2.05) is 37.3 Å². The van der Waals surface area contributed by atoms with Gasteiger partial charge in [-0.3, -0.25) is 0 Å². The van der Waals surface area contributed by atoms with Crippen LogP contribution in [0.3, 0.4) is 0 Å². The van der Waals surface area contributed by atoms with Crippen molar-refractivity contribution in [3.63, 3.8) is 0 Å². The number of ether oxygens (including phenoxy) is 6. The van der Waals surface area contributed by atoms with Gasteiger partial charge in [0.2, 0.25) is 0 Å².